The van der Waals surface area contributed by atoms with Gasteiger partial charge in [0.1, 0.15) is 5.82 Å². The summed E-state index contributed by atoms with van der Waals surface area (Å²) < 4.78 is 36.8. The molecule has 0 saturated carbocycles. The fourth-order valence-corrected chi connectivity index (χ4v) is 3.51. The first kappa shape index (κ1) is 11.5. The minimum absolute atomic E-state index is 0.217. The second-order valence-corrected chi connectivity index (χ2v) is 6.20. The molecule has 5 heteroatoms. The summed E-state index contributed by atoms with van der Waals surface area (Å²) in [6.45, 7) is 4.03. The van der Waals surface area contributed by atoms with Gasteiger partial charge in [-0.2, -0.15) is 0 Å². The van der Waals surface area contributed by atoms with Gasteiger partial charge in [-0.25, -0.2) is 12.8 Å². The summed E-state index contributed by atoms with van der Waals surface area (Å²) in [5.41, 5.74) is 0. The Morgan fingerprint density at radius 2 is 1.88 bits per heavy atom. The van der Waals surface area contributed by atoms with Gasteiger partial charge in [0, 0.05) is 13.1 Å². The number of rotatable bonds is 3. The van der Waals surface area contributed by atoms with E-state index in [0.717, 1.165) is 6.54 Å². The monoisotopic (exact) mass is 243 g/mol. The predicted octanol–water partition coefficient (Wildman–Crippen LogP) is 1.30. The lowest BCUT2D eigenvalue weighted by Crippen LogP contribution is -2.54. The van der Waals surface area contributed by atoms with Crippen LogP contribution in [0.5, 0.6) is 0 Å². The molecule has 88 valence electrons. The molecule has 0 amide bonds. The van der Waals surface area contributed by atoms with Crippen LogP contribution in [0.15, 0.2) is 29.2 Å². The van der Waals surface area contributed by atoms with E-state index >= 15 is 0 Å². The van der Waals surface area contributed by atoms with Crippen molar-refractivity contribution in [2.75, 3.05) is 19.6 Å². The predicted molar refractivity (Wildman–Crippen MR) is 59.5 cm³/mol. The highest BCUT2D eigenvalue weighted by atomic mass is 32.2. The van der Waals surface area contributed by atoms with Crippen molar-refractivity contribution in [3.63, 3.8) is 0 Å². The zero-order valence-corrected chi connectivity index (χ0v) is 9.87. The third-order valence-electron chi connectivity index (χ3n) is 2.95. The number of nitrogens with zero attached hydrogens (tertiary/aromatic N) is 1. The summed E-state index contributed by atoms with van der Waals surface area (Å²) in [7, 11) is -3.27. The maximum Gasteiger partial charge on any atom is 0.183 e. The molecule has 3 nitrogen and oxygen atoms in total. The van der Waals surface area contributed by atoms with Gasteiger partial charge in [-0.05, 0) is 30.8 Å². The van der Waals surface area contributed by atoms with E-state index < -0.39 is 15.7 Å². The second kappa shape index (κ2) is 4.14. The van der Waals surface area contributed by atoms with Crippen molar-refractivity contribution in [3.8, 4) is 0 Å². The summed E-state index contributed by atoms with van der Waals surface area (Å²) in [6.07, 6.45) is 0. The number of halogens is 1. The van der Waals surface area contributed by atoms with E-state index in [1.807, 2.05) is 6.92 Å². The first-order chi connectivity index (χ1) is 7.54. The lowest BCUT2D eigenvalue weighted by molar-refractivity contribution is 0.195. The largest absolute Gasteiger partial charge is 0.301 e. The molecule has 0 unspecified atom stereocenters. The fraction of sp³-hybridized carbons (Fsp3) is 0.455. The average molecular weight is 243 g/mol. The van der Waals surface area contributed by atoms with Crippen LogP contribution in [0.3, 0.4) is 0 Å². The molecule has 16 heavy (non-hydrogen) atoms. The molecule has 1 aromatic carbocycles. The van der Waals surface area contributed by atoms with E-state index in [4.69, 9.17) is 0 Å². The molecule has 1 aliphatic rings. The summed E-state index contributed by atoms with van der Waals surface area (Å²) in [4.78, 5) is 2.28. The topological polar surface area (TPSA) is 37.4 Å². The molecule has 1 heterocycles. The molecule has 0 N–H and O–H groups in total. The van der Waals surface area contributed by atoms with E-state index in [1.165, 1.54) is 24.3 Å². The SMILES string of the molecule is CCN1CC(S(=O)(=O)c2ccc(F)cc2)C1. The molecule has 0 spiro atoms. The molecule has 0 radical (unpaired) electrons. The third kappa shape index (κ3) is 1.97. The lowest BCUT2D eigenvalue weighted by Gasteiger charge is -2.37. The van der Waals surface area contributed by atoms with E-state index in [1.54, 1.807) is 0 Å². The van der Waals surface area contributed by atoms with Gasteiger partial charge in [-0.3, -0.25) is 0 Å². The highest BCUT2D eigenvalue weighted by Crippen LogP contribution is 2.23. The van der Waals surface area contributed by atoms with E-state index in [2.05, 4.69) is 4.90 Å². The molecule has 1 saturated heterocycles. The summed E-state index contributed by atoms with van der Waals surface area (Å²) in [6, 6.07) is 5.03. The minimum atomic E-state index is -3.27. The molecule has 0 bridgehead atoms. The number of hydrogen-bond acceptors (Lipinski definition) is 3. The maximum absolute atomic E-state index is 12.7. The number of sulfone groups is 1. The van der Waals surface area contributed by atoms with Crippen LogP contribution in [-0.4, -0.2) is 38.2 Å². The zero-order valence-electron chi connectivity index (χ0n) is 9.06. The zero-order chi connectivity index (χ0) is 11.8. The van der Waals surface area contributed by atoms with Crippen molar-refractivity contribution in [1.82, 2.24) is 4.90 Å². The first-order valence-electron chi connectivity index (χ1n) is 5.26. The normalized spacial score (nSPS) is 18.4. The maximum atomic E-state index is 12.7. The Bertz CT molecular complexity index is 463. The molecule has 1 aromatic rings. The molecule has 2 rings (SSSR count). The van der Waals surface area contributed by atoms with E-state index in [-0.39, 0.29) is 10.1 Å². The molecular formula is C11H14FNO2S. The van der Waals surface area contributed by atoms with Crippen LogP contribution in [0, 0.1) is 5.82 Å². The highest BCUT2D eigenvalue weighted by Gasteiger charge is 2.37. The van der Waals surface area contributed by atoms with Gasteiger partial charge in [0.15, 0.2) is 9.84 Å². The van der Waals surface area contributed by atoms with Crippen LogP contribution < -0.4 is 0 Å². The molecule has 1 aliphatic heterocycles. The van der Waals surface area contributed by atoms with Crippen LogP contribution in [0.25, 0.3) is 0 Å². The van der Waals surface area contributed by atoms with E-state index in [9.17, 15) is 12.8 Å². The molecule has 0 aromatic heterocycles. The van der Waals surface area contributed by atoms with Gasteiger partial charge in [0.05, 0.1) is 10.1 Å². The van der Waals surface area contributed by atoms with Gasteiger partial charge >= 0.3 is 0 Å². The fourth-order valence-electron chi connectivity index (χ4n) is 1.79. The van der Waals surface area contributed by atoms with Crippen LogP contribution in [0.2, 0.25) is 0 Å². The quantitative estimate of drug-likeness (QED) is 0.751. The highest BCUT2D eigenvalue weighted by molar-refractivity contribution is 7.92. The van der Waals surface area contributed by atoms with Crippen LogP contribution >= 0.6 is 0 Å². The van der Waals surface area contributed by atoms with Crippen molar-refractivity contribution >= 4 is 9.84 Å². The van der Waals surface area contributed by atoms with Crippen LogP contribution in [-0.2, 0) is 9.84 Å². The van der Waals surface area contributed by atoms with Crippen molar-refractivity contribution in [2.24, 2.45) is 0 Å². The molecule has 0 aliphatic carbocycles. The Hall–Kier alpha value is -0.940. The first-order valence-corrected chi connectivity index (χ1v) is 6.80. The Morgan fingerprint density at radius 3 is 2.38 bits per heavy atom. The van der Waals surface area contributed by atoms with Crippen molar-refractivity contribution < 1.29 is 12.8 Å². The summed E-state index contributed by atoms with van der Waals surface area (Å²) >= 11 is 0. The van der Waals surface area contributed by atoms with Crippen molar-refractivity contribution in [2.45, 2.75) is 17.1 Å². The van der Waals surface area contributed by atoms with Crippen LogP contribution in [0.1, 0.15) is 6.92 Å². The summed E-state index contributed by atoms with van der Waals surface area (Å²) in [5.74, 6) is -0.414. The van der Waals surface area contributed by atoms with Gasteiger partial charge in [0.2, 0.25) is 0 Å². The molecular weight excluding hydrogens is 229 g/mol. The smallest absolute Gasteiger partial charge is 0.183 e. The van der Waals surface area contributed by atoms with Gasteiger partial charge < -0.3 is 4.90 Å². The Kier molecular flexibility index (Phi) is 2.99. The Balaban J connectivity index is 2.17. The summed E-state index contributed by atoms with van der Waals surface area (Å²) in [5, 5.41) is -0.335. The third-order valence-corrected chi connectivity index (χ3v) is 5.06. The van der Waals surface area contributed by atoms with Gasteiger partial charge in [-0.15, -0.1) is 0 Å². The Morgan fingerprint density at radius 1 is 1.31 bits per heavy atom. The van der Waals surface area contributed by atoms with Gasteiger partial charge in [-0.1, -0.05) is 6.92 Å². The molecule has 1 fully saturated rings. The van der Waals surface area contributed by atoms with Crippen molar-refractivity contribution in [1.29, 1.82) is 0 Å². The lowest BCUT2D eigenvalue weighted by atomic mass is 10.2. The van der Waals surface area contributed by atoms with E-state index in [0.29, 0.717) is 13.1 Å². The standard InChI is InChI=1S/C11H14FNO2S/c1-2-13-7-11(8-13)16(14,15)10-5-3-9(12)4-6-10/h3-6,11H,2,7-8H2,1H3. The van der Waals surface area contributed by atoms with Crippen LogP contribution in [0.4, 0.5) is 4.39 Å². The number of benzene rings is 1. The second-order valence-electron chi connectivity index (χ2n) is 3.97. The van der Waals surface area contributed by atoms with Crippen molar-refractivity contribution in [3.05, 3.63) is 30.1 Å². The number of likely N-dealkylation sites (tertiary alicyclic amines) is 1. The average Bonchev–Trinajstić information content (AvgIpc) is 2.16. The minimum Gasteiger partial charge on any atom is -0.301 e. The number of hydrogen-bond donors (Lipinski definition) is 0. The Labute approximate surface area is 94.8 Å². The van der Waals surface area contributed by atoms with Gasteiger partial charge in [0.25, 0.3) is 0 Å². The molecule has 0 atom stereocenters.